The molecule has 2 aromatic rings. The van der Waals surface area contributed by atoms with Gasteiger partial charge in [0.2, 0.25) is 0 Å². The summed E-state index contributed by atoms with van der Waals surface area (Å²) in [6.07, 6.45) is 10.2. The van der Waals surface area contributed by atoms with Gasteiger partial charge in [-0.15, -0.1) is 0 Å². The number of rotatable bonds is 4. The minimum atomic E-state index is 0.776. The lowest BCUT2D eigenvalue weighted by Crippen LogP contribution is -2.23. The van der Waals surface area contributed by atoms with Crippen molar-refractivity contribution >= 4 is 11.0 Å². The summed E-state index contributed by atoms with van der Waals surface area (Å²) in [5, 5.41) is 3.50. The molecule has 1 N–H and O–H groups in total. The Kier molecular flexibility index (Phi) is 3.84. The maximum atomic E-state index is 4.62. The number of allylic oxidation sites excluding steroid dienone is 2. The lowest BCUT2D eigenvalue weighted by Gasteiger charge is -2.17. The Morgan fingerprint density at radius 2 is 2.05 bits per heavy atom. The lowest BCUT2D eigenvalue weighted by atomic mass is 9.94. The highest BCUT2D eigenvalue weighted by atomic mass is 14.9. The maximum Gasteiger partial charge on any atom is 0.0890 e. The van der Waals surface area contributed by atoms with Crippen molar-refractivity contribution in [3.05, 3.63) is 48.3 Å². The van der Waals surface area contributed by atoms with E-state index in [0.29, 0.717) is 0 Å². The number of hydrogen-bond acceptors (Lipinski definition) is 3. The van der Waals surface area contributed by atoms with Gasteiger partial charge in [-0.25, -0.2) is 4.98 Å². The van der Waals surface area contributed by atoms with Crippen molar-refractivity contribution in [2.24, 2.45) is 5.92 Å². The third kappa shape index (κ3) is 3.18. The highest BCUT2D eigenvalue weighted by Gasteiger charge is 2.09. The smallest absolute Gasteiger partial charge is 0.0890 e. The van der Waals surface area contributed by atoms with Gasteiger partial charge >= 0.3 is 0 Å². The summed E-state index contributed by atoms with van der Waals surface area (Å²) in [5.74, 6) is 0.776. The van der Waals surface area contributed by atoms with Crippen LogP contribution in [0, 0.1) is 5.92 Å². The van der Waals surface area contributed by atoms with E-state index in [1.807, 2.05) is 30.5 Å². The second-order valence-electron chi connectivity index (χ2n) is 5.13. The topological polar surface area (TPSA) is 37.8 Å². The average Bonchev–Trinajstić information content (AvgIpc) is 2.48. The van der Waals surface area contributed by atoms with Gasteiger partial charge in [0.15, 0.2) is 0 Å². The predicted octanol–water partition coefficient (Wildman–Crippen LogP) is 3.08. The zero-order valence-corrected chi connectivity index (χ0v) is 11.0. The van der Waals surface area contributed by atoms with Crippen LogP contribution in [0.4, 0.5) is 0 Å². The van der Waals surface area contributed by atoms with E-state index in [1.54, 1.807) is 0 Å². The van der Waals surface area contributed by atoms with E-state index >= 15 is 0 Å². The molecule has 1 aliphatic carbocycles. The number of hydrogen-bond donors (Lipinski definition) is 1. The van der Waals surface area contributed by atoms with Crippen LogP contribution in [0.5, 0.6) is 0 Å². The minimum Gasteiger partial charge on any atom is -0.311 e. The fourth-order valence-corrected chi connectivity index (χ4v) is 2.53. The van der Waals surface area contributed by atoms with Gasteiger partial charge in [0, 0.05) is 6.54 Å². The SMILES string of the molecule is C1=CCC(CNCc2cnc3ccccc3n2)CC1. The molecule has 0 amide bonds. The molecule has 0 bridgehead atoms. The van der Waals surface area contributed by atoms with Crippen LogP contribution in [0.2, 0.25) is 0 Å². The first-order chi connectivity index (χ1) is 9.42. The van der Waals surface area contributed by atoms with Gasteiger partial charge in [-0.3, -0.25) is 4.98 Å². The summed E-state index contributed by atoms with van der Waals surface area (Å²) in [6.45, 7) is 1.87. The molecule has 0 saturated carbocycles. The number of benzene rings is 1. The van der Waals surface area contributed by atoms with E-state index in [2.05, 4.69) is 27.4 Å². The van der Waals surface area contributed by atoms with E-state index in [1.165, 1.54) is 19.3 Å². The number of fused-ring (bicyclic) bond motifs is 1. The molecule has 3 heteroatoms. The Balaban J connectivity index is 1.57. The molecule has 0 spiro atoms. The maximum absolute atomic E-state index is 4.62. The molecule has 19 heavy (non-hydrogen) atoms. The molecule has 3 rings (SSSR count). The molecular weight excluding hydrogens is 234 g/mol. The standard InChI is InChI=1S/C16H19N3/c1-2-6-13(7-3-1)10-17-11-14-12-18-15-8-4-5-9-16(15)19-14/h1-2,4-5,8-9,12-13,17H,3,6-7,10-11H2. The van der Waals surface area contributed by atoms with Crippen LogP contribution in [-0.4, -0.2) is 16.5 Å². The molecule has 0 saturated heterocycles. The first kappa shape index (κ1) is 12.3. The van der Waals surface area contributed by atoms with Crippen LogP contribution in [0.15, 0.2) is 42.6 Å². The quantitative estimate of drug-likeness (QED) is 0.851. The molecule has 1 aromatic heterocycles. The first-order valence-electron chi connectivity index (χ1n) is 6.98. The first-order valence-corrected chi connectivity index (χ1v) is 6.98. The highest BCUT2D eigenvalue weighted by molar-refractivity contribution is 5.73. The van der Waals surface area contributed by atoms with Gasteiger partial charge in [-0.2, -0.15) is 0 Å². The Morgan fingerprint density at radius 1 is 1.16 bits per heavy atom. The van der Waals surface area contributed by atoms with Gasteiger partial charge in [0.1, 0.15) is 0 Å². The molecule has 98 valence electrons. The third-order valence-electron chi connectivity index (χ3n) is 3.62. The third-order valence-corrected chi connectivity index (χ3v) is 3.62. The molecular formula is C16H19N3. The molecule has 1 heterocycles. The predicted molar refractivity (Wildman–Crippen MR) is 77.7 cm³/mol. The summed E-state index contributed by atoms with van der Waals surface area (Å²) in [7, 11) is 0. The number of aromatic nitrogens is 2. The van der Waals surface area contributed by atoms with Crippen molar-refractivity contribution in [1.82, 2.24) is 15.3 Å². The molecule has 1 aliphatic rings. The Hall–Kier alpha value is -1.74. The molecule has 1 unspecified atom stereocenters. The van der Waals surface area contributed by atoms with Crippen molar-refractivity contribution in [2.45, 2.75) is 25.8 Å². The fourth-order valence-electron chi connectivity index (χ4n) is 2.53. The van der Waals surface area contributed by atoms with Crippen molar-refractivity contribution < 1.29 is 0 Å². The van der Waals surface area contributed by atoms with Crippen molar-refractivity contribution in [2.75, 3.05) is 6.54 Å². The van der Waals surface area contributed by atoms with E-state index in [4.69, 9.17) is 0 Å². The largest absolute Gasteiger partial charge is 0.311 e. The van der Waals surface area contributed by atoms with E-state index in [9.17, 15) is 0 Å². The number of nitrogens with one attached hydrogen (secondary N) is 1. The zero-order valence-electron chi connectivity index (χ0n) is 11.0. The zero-order chi connectivity index (χ0) is 12.9. The van der Waals surface area contributed by atoms with Gasteiger partial charge in [0.05, 0.1) is 22.9 Å². The normalized spacial score (nSPS) is 18.8. The Morgan fingerprint density at radius 3 is 2.89 bits per heavy atom. The van der Waals surface area contributed by atoms with Crippen molar-refractivity contribution in [3.8, 4) is 0 Å². The van der Waals surface area contributed by atoms with Crippen molar-refractivity contribution in [3.63, 3.8) is 0 Å². The molecule has 1 atom stereocenters. The number of nitrogens with zero attached hydrogens (tertiary/aromatic N) is 2. The van der Waals surface area contributed by atoms with Gasteiger partial charge < -0.3 is 5.32 Å². The Bertz CT molecular complexity index is 577. The fraction of sp³-hybridized carbons (Fsp3) is 0.375. The second-order valence-corrected chi connectivity index (χ2v) is 5.13. The monoisotopic (exact) mass is 253 g/mol. The van der Waals surface area contributed by atoms with Crippen LogP contribution in [0.25, 0.3) is 11.0 Å². The number of para-hydroxylation sites is 2. The Labute approximate surface area is 113 Å². The average molecular weight is 253 g/mol. The van der Waals surface area contributed by atoms with Crippen LogP contribution < -0.4 is 5.32 Å². The lowest BCUT2D eigenvalue weighted by molar-refractivity contribution is 0.439. The second kappa shape index (κ2) is 5.93. The molecule has 0 radical (unpaired) electrons. The van der Waals surface area contributed by atoms with Gasteiger partial charge in [0.25, 0.3) is 0 Å². The highest BCUT2D eigenvalue weighted by Crippen LogP contribution is 2.17. The van der Waals surface area contributed by atoms with Crippen LogP contribution >= 0.6 is 0 Å². The van der Waals surface area contributed by atoms with E-state index in [-0.39, 0.29) is 0 Å². The molecule has 0 fully saturated rings. The summed E-state index contributed by atoms with van der Waals surface area (Å²) >= 11 is 0. The minimum absolute atomic E-state index is 0.776. The van der Waals surface area contributed by atoms with Crippen LogP contribution in [-0.2, 0) is 6.54 Å². The van der Waals surface area contributed by atoms with Gasteiger partial charge in [-0.1, -0.05) is 24.3 Å². The summed E-state index contributed by atoms with van der Waals surface area (Å²) < 4.78 is 0. The van der Waals surface area contributed by atoms with Crippen LogP contribution in [0.1, 0.15) is 25.0 Å². The van der Waals surface area contributed by atoms with E-state index in [0.717, 1.165) is 35.7 Å². The molecule has 1 aromatic carbocycles. The molecule has 0 aliphatic heterocycles. The van der Waals surface area contributed by atoms with Gasteiger partial charge in [-0.05, 0) is 43.9 Å². The summed E-state index contributed by atoms with van der Waals surface area (Å²) in [5.41, 5.74) is 2.95. The summed E-state index contributed by atoms with van der Waals surface area (Å²) in [6, 6.07) is 8.00. The van der Waals surface area contributed by atoms with E-state index < -0.39 is 0 Å². The van der Waals surface area contributed by atoms with Crippen LogP contribution in [0.3, 0.4) is 0 Å². The van der Waals surface area contributed by atoms with Crippen molar-refractivity contribution in [1.29, 1.82) is 0 Å². The summed E-state index contributed by atoms with van der Waals surface area (Å²) in [4.78, 5) is 9.05. The molecule has 3 nitrogen and oxygen atoms in total.